The molecular weight excluding hydrogens is 394 g/mol. The van der Waals surface area contributed by atoms with Crippen LogP contribution in [0.3, 0.4) is 0 Å². The summed E-state index contributed by atoms with van der Waals surface area (Å²) in [5, 5.41) is 10.9. The van der Waals surface area contributed by atoms with Gasteiger partial charge >= 0.3 is 6.03 Å². The van der Waals surface area contributed by atoms with E-state index in [2.05, 4.69) is 9.97 Å². The van der Waals surface area contributed by atoms with Gasteiger partial charge in [0.15, 0.2) is 5.82 Å². The number of anilines is 1. The van der Waals surface area contributed by atoms with Crippen LogP contribution in [0.4, 0.5) is 10.5 Å². The molecule has 0 aliphatic heterocycles. The van der Waals surface area contributed by atoms with Crippen LogP contribution in [0.2, 0.25) is 0 Å². The molecule has 3 aromatic rings. The number of nitrogens with two attached hydrogens (primary N) is 2. The van der Waals surface area contributed by atoms with Gasteiger partial charge < -0.3 is 4.74 Å². The molecule has 0 unspecified atom stereocenters. The number of aromatic nitrogens is 2. The number of rotatable bonds is 5. The van der Waals surface area contributed by atoms with Crippen molar-refractivity contribution in [3.8, 4) is 23.2 Å². The van der Waals surface area contributed by atoms with Crippen molar-refractivity contribution in [3.63, 3.8) is 0 Å². The molecule has 9 heteroatoms. The Balaban J connectivity index is 1.84. The minimum Gasteiger partial charge on any atom is -0.489 e. The molecule has 4 N–H and O–H groups in total. The number of carbonyl (C=O) groups is 1. The van der Waals surface area contributed by atoms with Gasteiger partial charge in [0.25, 0.3) is 0 Å². The molecule has 0 atom stereocenters. The molecule has 1 heterocycles. The molecule has 0 bridgehead atoms. The number of amides is 2. The molecule has 31 heavy (non-hydrogen) atoms. The van der Waals surface area contributed by atoms with Gasteiger partial charge in [0.1, 0.15) is 24.1 Å². The van der Waals surface area contributed by atoms with Gasteiger partial charge in [0.2, 0.25) is 0 Å². The maximum atomic E-state index is 12.2. The third kappa shape index (κ3) is 4.78. The van der Waals surface area contributed by atoms with Crippen molar-refractivity contribution in [1.82, 2.24) is 15.0 Å². The average Bonchev–Trinajstić information content (AvgIpc) is 2.77. The molecular formula is C22H23N7O2. The van der Waals surface area contributed by atoms with Gasteiger partial charge in [-0.1, -0.05) is 12.1 Å². The maximum Gasteiger partial charge on any atom is 0.352 e. The number of hydrazine groups is 2. The first-order chi connectivity index (χ1) is 14.8. The molecule has 158 valence electrons. The second-order valence-corrected chi connectivity index (χ2v) is 6.98. The van der Waals surface area contributed by atoms with Crippen molar-refractivity contribution in [2.75, 3.05) is 12.1 Å². The molecule has 0 aliphatic rings. The van der Waals surface area contributed by atoms with Gasteiger partial charge in [0, 0.05) is 24.4 Å². The number of hydrogen-bond donors (Lipinski definition) is 2. The summed E-state index contributed by atoms with van der Waals surface area (Å²) < 4.78 is 6.04. The zero-order valence-corrected chi connectivity index (χ0v) is 17.5. The Hall–Kier alpha value is -4.00. The first-order valence-electron chi connectivity index (χ1n) is 9.44. The van der Waals surface area contributed by atoms with Crippen LogP contribution in [0.5, 0.6) is 5.75 Å². The van der Waals surface area contributed by atoms with Crippen molar-refractivity contribution >= 4 is 11.7 Å². The minimum atomic E-state index is -0.549. The predicted molar refractivity (Wildman–Crippen MR) is 116 cm³/mol. The fourth-order valence-electron chi connectivity index (χ4n) is 3.03. The largest absolute Gasteiger partial charge is 0.489 e. The lowest BCUT2D eigenvalue weighted by Crippen LogP contribution is -2.49. The minimum absolute atomic E-state index is 0.206. The molecule has 3 rings (SSSR count). The zero-order chi connectivity index (χ0) is 22.5. The van der Waals surface area contributed by atoms with E-state index in [9.17, 15) is 4.79 Å². The topological polar surface area (TPSA) is 134 Å². The molecule has 0 aliphatic carbocycles. The Morgan fingerprint density at radius 2 is 1.94 bits per heavy atom. The van der Waals surface area contributed by atoms with Crippen LogP contribution in [-0.2, 0) is 6.61 Å². The van der Waals surface area contributed by atoms with Crippen LogP contribution in [0.25, 0.3) is 11.4 Å². The monoisotopic (exact) mass is 417 g/mol. The molecule has 1 aromatic heterocycles. The van der Waals surface area contributed by atoms with Crippen molar-refractivity contribution in [2.45, 2.75) is 20.5 Å². The van der Waals surface area contributed by atoms with E-state index in [0.717, 1.165) is 32.3 Å². The normalized spacial score (nSPS) is 10.3. The summed E-state index contributed by atoms with van der Waals surface area (Å²) in [4.78, 5) is 20.6. The highest BCUT2D eigenvalue weighted by atomic mass is 16.5. The quantitative estimate of drug-likeness (QED) is 0.370. The van der Waals surface area contributed by atoms with Crippen LogP contribution in [0, 0.1) is 25.2 Å². The summed E-state index contributed by atoms with van der Waals surface area (Å²) in [6.07, 6.45) is 1.55. The fourth-order valence-corrected chi connectivity index (χ4v) is 3.03. The number of ether oxygens (including phenoxy) is 1. The second kappa shape index (κ2) is 9.21. The van der Waals surface area contributed by atoms with E-state index in [1.165, 1.54) is 7.05 Å². The number of hydrogen-bond acceptors (Lipinski definition) is 7. The molecule has 0 saturated carbocycles. The first-order valence-corrected chi connectivity index (χ1v) is 9.44. The van der Waals surface area contributed by atoms with E-state index in [-0.39, 0.29) is 6.61 Å². The number of aryl methyl sites for hydroxylation is 2. The molecule has 9 nitrogen and oxygen atoms in total. The van der Waals surface area contributed by atoms with Crippen molar-refractivity contribution in [2.24, 2.45) is 11.7 Å². The SMILES string of the molecule is Cc1cc(-c2nccc(C#N)n2)ccc1OCc1c(C)cccc1N(N)C(=O)N(C)N. The van der Waals surface area contributed by atoms with Crippen molar-refractivity contribution in [3.05, 3.63) is 71.0 Å². The van der Waals surface area contributed by atoms with Gasteiger partial charge in [-0.2, -0.15) is 5.26 Å². The van der Waals surface area contributed by atoms with E-state index >= 15 is 0 Å². The van der Waals surface area contributed by atoms with Crippen molar-refractivity contribution in [1.29, 1.82) is 5.26 Å². The van der Waals surface area contributed by atoms with Crippen LogP contribution in [0.1, 0.15) is 22.4 Å². The van der Waals surface area contributed by atoms with Crippen LogP contribution in [-0.4, -0.2) is 28.1 Å². The van der Waals surface area contributed by atoms with Gasteiger partial charge in [-0.05, 0) is 55.3 Å². The Bertz CT molecular complexity index is 1150. The number of nitrogens with zero attached hydrogens (tertiary/aromatic N) is 5. The predicted octanol–water partition coefficient (Wildman–Crippen LogP) is 2.82. The molecule has 2 amide bonds. The number of nitriles is 1. The summed E-state index contributed by atoms with van der Waals surface area (Å²) in [5.74, 6) is 12.7. The third-order valence-corrected chi connectivity index (χ3v) is 4.73. The standard InChI is InChI=1S/C22H23N7O2/c1-14-5-4-6-19(29(25)22(30)28(3)24)18(14)13-31-20-8-7-16(11-15(20)2)21-26-10-9-17(12-23)27-21/h4-11H,13,24-25H2,1-3H3. The maximum absolute atomic E-state index is 12.2. The van der Waals surface area contributed by atoms with Crippen LogP contribution < -0.4 is 21.4 Å². The van der Waals surface area contributed by atoms with Crippen LogP contribution >= 0.6 is 0 Å². The van der Waals surface area contributed by atoms with Gasteiger partial charge in [-0.3, -0.25) is 5.01 Å². The average molecular weight is 417 g/mol. The number of benzene rings is 2. The lowest BCUT2D eigenvalue weighted by Gasteiger charge is -2.24. The summed E-state index contributed by atoms with van der Waals surface area (Å²) in [6, 6.07) is 14.0. The van der Waals surface area contributed by atoms with Gasteiger partial charge in [0.05, 0.1) is 5.69 Å². The van der Waals surface area contributed by atoms with E-state index in [0.29, 0.717) is 23.0 Å². The second-order valence-electron chi connectivity index (χ2n) is 6.98. The molecule has 2 aromatic carbocycles. The summed E-state index contributed by atoms with van der Waals surface area (Å²) in [5.41, 5.74) is 4.17. The molecule has 0 radical (unpaired) electrons. The summed E-state index contributed by atoms with van der Waals surface area (Å²) in [6.45, 7) is 4.04. The molecule has 0 saturated heterocycles. The van der Waals surface area contributed by atoms with Crippen molar-refractivity contribution < 1.29 is 9.53 Å². The van der Waals surface area contributed by atoms with Gasteiger partial charge in [-0.25, -0.2) is 31.5 Å². The highest BCUT2D eigenvalue weighted by Crippen LogP contribution is 2.28. The Morgan fingerprint density at radius 3 is 2.61 bits per heavy atom. The fraction of sp³-hybridized carbons (Fsp3) is 0.182. The smallest absolute Gasteiger partial charge is 0.352 e. The van der Waals surface area contributed by atoms with E-state index in [1.807, 2.05) is 50.2 Å². The first kappa shape index (κ1) is 21.7. The summed E-state index contributed by atoms with van der Waals surface area (Å²) >= 11 is 0. The molecule has 0 fully saturated rings. The lowest BCUT2D eigenvalue weighted by atomic mass is 10.1. The summed E-state index contributed by atoms with van der Waals surface area (Å²) in [7, 11) is 1.43. The van der Waals surface area contributed by atoms with E-state index < -0.39 is 6.03 Å². The Morgan fingerprint density at radius 1 is 1.16 bits per heavy atom. The molecule has 0 spiro atoms. The zero-order valence-electron chi connectivity index (χ0n) is 17.5. The highest BCUT2D eigenvalue weighted by Gasteiger charge is 2.19. The highest BCUT2D eigenvalue weighted by molar-refractivity contribution is 5.91. The van der Waals surface area contributed by atoms with Crippen LogP contribution in [0.15, 0.2) is 48.7 Å². The number of carbonyl (C=O) groups excluding carboxylic acids is 1. The van der Waals surface area contributed by atoms with E-state index in [1.54, 1.807) is 18.3 Å². The lowest BCUT2D eigenvalue weighted by molar-refractivity contribution is 0.216. The number of urea groups is 1. The Kier molecular flexibility index (Phi) is 6.45. The third-order valence-electron chi connectivity index (χ3n) is 4.73. The van der Waals surface area contributed by atoms with E-state index in [4.69, 9.17) is 21.7 Å². The Labute approximate surface area is 180 Å². The van der Waals surface area contributed by atoms with Gasteiger partial charge in [-0.15, -0.1) is 0 Å².